The standard InChI is InChI=1S/C26H23BrN2O2/c1-17-7-6-10-25(18(17)2)29-26(30)22(16-28)13-19-11-12-23(31-3)15-21(19)14-20-8-4-5-9-24(20)27/h4-13,15H,14H2,1-3H3,(H,29,30)/b22-13+. The van der Waals surface area contributed by atoms with Crippen LogP contribution in [0.4, 0.5) is 5.69 Å². The minimum atomic E-state index is -0.432. The summed E-state index contributed by atoms with van der Waals surface area (Å²) in [6.07, 6.45) is 2.26. The first-order chi connectivity index (χ1) is 14.9. The van der Waals surface area contributed by atoms with Crippen molar-refractivity contribution in [2.75, 3.05) is 12.4 Å². The quantitative estimate of drug-likeness (QED) is 0.341. The van der Waals surface area contributed by atoms with Gasteiger partial charge in [0.2, 0.25) is 0 Å². The van der Waals surface area contributed by atoms with Crippen LogP contribution < -0.4 is 10.1 Å². The fourth-order valence-electron chi connectivity index (χ4n) is 3.23. The van der Waals surface area contributed by atoms with Gasteiger partial charge in [-0.15, -0.1) is 0 Å². The summed E-state index contributed by atoms with van der Waals surface area (Å²) in [6.45, 7) is 3.93. The van der Waals surface area contributed by atoms with E-state index in [0.717, 1.165) is 38.0 Å². The van der Waals surface area contributed by atoms with Gasteiger partial charge in [0.05, 0.1) is 7.11 Å². The van der Waals surface area contributed by atoms with E-state index in [0.29, 0.717) is 12.1 Å². The molecule has 1 N–H and O–H groups in total. The second kappa shape index (κ2) is 10.1. The molecular formula is C26H23BrN2O2. The molecule has 0 fully saturated rings. The van der Waals surface area contributed by atoms with Crippen molar-refractivity contribution in [3.63, 3.8) is 0 Å². The number of benzene rings is 3. The van der Waals surface area contributed by atoms with Gasteiger partial charge in [-0.3, -0.25) is 4.79 Å². The number of methoxy groups -OCH3 is 1. The van der Waals surface area contributed by atoms with Crippen LogP contribution in [0.2, 0.25) is 0 Å². The van der Waals surface area contributed by atoms with Crippen LogP contribution in [0, 0.1) is 25.2 Å². The Labute approximate surface area is 191 Å². The van der Waals surface area contributed by atoms with Crippen molar-refractivity contribution in [3.05, 3.63) is 98.5 Å². The van der Waals surface area contributed by atoms with Crippen molar-refractivity contribution >= 4 is 33.6 Å². The predicted molar refractivity (Wildman–Crippen MR) is 128 cm³/mol. The van der Waals surface area contributed by atoms with E-state index in [1.165, 1.54) is 0 Å². The minimum absolute atomic E-state index is 0.0412. The molecule has 5 heteroatoms. The summed E-state index contributed by atoms with van der Waals surface area (Å²) < 4.78 is 6.38. The number of aryl methyl sites for hydroxylation is 1. The lowest BCUT2D eigenvalue weighted by Gasteiger charge is -2.12. The Morgan fingerprint density at radius 2 is 1.87 bits per heavy atom. The molecule has 3 aromatic rings. The number of carbonyl (C=O) groups is 1. The highest BCUT2D eigenvalue weighted by Gasteiger charge is 2.14. The lowest BCUT2D eigenvalue weighted by Crippen LogP contribution is -2.14. The molecule has 31 heavy (non-hydrogen) atoms. The molecule has 0 saturated carbocycles. The van der Waals surface area contributed by atoms with Crippen LogP contribution in [0.5, 0.6) is 5.75 Å². The van der Waals surface area contributed by atoms with Crippen molar-refractivity contribution in [1.29, 1.82) is 5.26 Å². The van der Waals surface area contributed by atoms with Crippen molar-refractivity contribution in [1.82, 2.24) is 0 Å². The van der Waals surface area contributed by atoms with Gasteiger partial charge in [-0.2, -0.15) is 5.26 Å². The van der Waals surface area contributed by atoms with E-state index in [-0.39, 0.29) is 5.57 Å². The van der Waals surface area contributed by atoms with Gasteiger partial charge in [0.15, 0.2) is 0 Å². The predicted octanol–water partition coefficient (Wildman–Crippen LogP) is 6.21. The first-order valence-corrected chi connectivity index (χ1v) is 10.6. The van der Waals surface area contributed by atoms with E-state index >= 15 is 0 Å². The zero-order valence-corrected chi connectivity index (χ0v) is 19.3. The SMILES string of the molecule is COc1ccc(/C=C(\C#N)C(=O)Nc2cccc(C)c2C)c(Cc2ccccc2Br)c1. The van der Waals surface area contributed by atoms with Gasteiger partial charge in [-0.05, 0) is 78.4 Å². The number of carbonyl (C=O) groups excluding carboxylic acids is 1. The van der Waals surface area contributed by atoms with Crippen LogP contribution in [0.15, 0.2) is 70.7 Å². The number of nitrogens with zero attached hydrogens (tertiary/aromatic N) is 1. The molecule has 0 heterocycles. The van der Waals surface area contributed by atoms with Gasteiger partial charge in [-0.1, -0.05) is 52.3 Å². The molecule has 0 aliphatic rings. The summed E-state index contributed by atoms with van der Waals surface area (Å²) in [4.78, 5) is 12.8. The maximum atomic E-state index is 12.8. The molecule has 0 atom stereocenters. The fraction of sp³-hybridized carbons (Fsp3) is 0.154. The third-order valence-electron chi connectivity index (χ3n) is 5.21. The second-order valence-electron chi connectivity index (χ2n) is 7.20. The van der Waals surface area contributed by atoms with E-state index in [1.807, 2.05) is 80.6 Å². The summed E-state index contributed by atoms with van der Waals surface area (Å²) in [5.41, 5.74) is 5.65. The molecule has 0 aliphatic heterocycles. The smallest absolute Gasteiger partial charge is 0.266 e. The molecular weight excluding hydrogens is 452 g/mol. The third kappa shape index (κ3) is 5.42. The van der Waals surface area contributed by atoms with Gasteiger partial charge in [0.25, 0.3) is 5.91 Å². The normalized spacial score (nSPS) is 11.0. The van der Waals surface area contributed by atoms with Crippen LogP contribution in [0.25, 0.3) is 6.08 Å². The number of halogens is 1. The van der Waals surface area contributed by atoms with Crippen molar-refractivity contribution in [2.24, 2.45) is 0 Å². The molecule has 0 radical (unpaired) electrons. The first kappa shape index (κ1) is 22.3. The lowest BCUT2D eigenvalue weighted by molar-refractivity contribution is -0.112. The molecule has 0 aliphatic carbocycles. The molecule has 0 spiro atoms. The molecule has 0 unspecified atom stereocenters. The molecule has 0 bridgehead atoms. The Morgan fingerprint density at radius 3 is 2.58 bits per heavy atom. The number of amides is 1. The van der Waals surface area contributed by atoms with E-state index in [1.54, 1.807) is 13.2 Å². The first-order valence-electron chi connectivity index (χ1n) is 9.82. The Hall–Kier alpha value is -3.36. The molecule has 3 aromatic carbocycles. The number of anilines is 1. The number of nitriles is 1. The van der Waals surface area contributed by atoms with Gasteiger partial charge < -0.3 is 10.1 Å². The topological polar surface area (TPSA) is 62.1 Å². The molecule has 4 nitrogen and oxygen atoms in total. The average molecular weight is 475 g/mol. The summed E-state index contributed by atoms with van der Waals surface area (Å²) in [5.74, 6) is 0.288. The van der Waals surface area contributed by atoms with Gasteiger partial charge >= 0.3 is 0 Å². The fourth-order valence-corrected chi connectivity index (χ4v) is 3.66. The van der Waals surface area contributed by atoms with Crippen LogP contribution in [0.3, 0.4) is 0 Å². The van der Waals surface area contributed by atoms with Crippen LogP contribution >= 0.6 is 15.9 Å². The molecule has 1 amide bonds. The monoisotopic (exact) mass is 474 g/mol. The summed E-state index contributed by atoms with van der Waals surface area (Å²) in [7, 11) is 1.62. The highest BCUT2D eigenvalue weighted by molar-refractivity contribution is 9.10. The Kier molecular flexibility index (Phi) is 7.28. The average Bonchev–Trinajstić information content (AvgIpc) is 2.77. The minimum Gasteiger partial charge on any atom is -0.497 e. The number of hydrogen-bond acceptors (Lipinski definition) is 3. The Bertz CT molecular complexity index is 1190. The van der Waals surface area contributed by atoms with E-state index in [9.17, 15) is 10.1 Å². The number of nitrogens with one attached hydrogen (secondary N) is 1. The summed E-state index contributed by atoms with van der Waals surface area (Å²) >= 11 is 3.59. The highest BCUT2D eigenvalue weighted by atomic mass is 79.9. The van der Waals surface area contributed by atoms with Crippen LogP contribution in [-0.2, 0) is 11.2 Å². The Morgan fingerprint density at radius 1 is 1.10 bits per heavy atom. The second-order valence-corrected chi connectivity index (χ2v) is 8.06. The largest absolute Gasteiger partial charge is 0.497 e. The number of ether oxygens (including phenoxy) is 1. The zero-order chi connectivity index (χ0) is 22.4. The van der Waals surface area contributed by atoms with Gasteiger partial charge in [0.1, 0.15) is 17.4 Å². The summed E-state index contributed by atoms with van der Waals surface area (Å²) in [6, 6.07) is 21.3. The molecule has 0 aromatic heterocycles. The van der Waals surface area contributed by atoms with Crippen LogP contribution in [-0.4, -0.2) is 13.0 Å². The maximum absolute atomic E-state index is 12.8. The lowest BCUT2D eigenvalue weighted by atomic mass is 9.97. The number of rotatable bonds is 6. The van der Waals surface area contributed by atoms with Gasteiger partial charge in [0, 0.05) is 10.2 Å². The van der Waals surface area contributed by atoms with Crippen LogP contribution in [0.1, 0.15) is 27.8 Å². The van der Waals surface area contributed by atoms with Gasteiger partial charge in [-0.25, -0.2) is 0 Å². The van der Waals surface area contributed by atoms with E-state index in [2.05, 4.69) is 21.2 Å². The van der Waals surface area contributed by atoms with Crippen molar-refractivity contribution in [2.45, 2.75) is 20.3 Å². The molecule has 156 valence electrons. The molecule has 3 rings (SSSR count). The Balaban J connectivity index is 1.96. The van der Waals surface area contributed by atoms with Crippen molar-refractivity contribution < 1.29 is 9.53 Å². The number of hydrogen-bond donors (Lipinski definition) is 1. The third-order valence-corrected chi connectivity index (χ3v) is 5.98. The zero-order valence-electron chi connectivity index (χ0n) is 17.7. The maximum Gasteiger partial charge on any atom is 0.266 e. The highest BCUT2D eigenvalue weighted by Crippen LogP contribution is 2.26. The summed E-state index contributed by atoms with van der Waals surface area (Å²) in [5, 5.41) is 12.5. The molecule has 0 saturated heterocycles. The van der Waals surface area contributed by atoms with Crippen molar-refractivity contribution in [3.8, 4) is 11.8 Å². The van der Waals surface area contributed by atoms with E-state index < -0.39 is 5.91 Å². The van der Waals surface area contributed by atoms with E-state index in [4.69, 9.17) is 4.74 Å².